The van der Waals surface area contributed by atoms with Gasteiger partial charge >= 0.3 is 0 Å². The van der Waals surface area contributed by atoms with Crippen LogP contribution in [0.1, 0.15) is 5.56 Å². The van der Waals surface area contributed by atoms with Gasteiger partial charge in [-0.15, -0.1) is 0 Å². The number of amides is 1. The van der Waals surface area contributed by atoms with Crippen LogP contribution in [0, 0.1) is 0 Å². The van der Waals surface area contributed by atoms with Gasteiger partial charge in [-0.05, 0) is 12.0 Å². The first-order valence-corrected chi connectivity index (χ1v) is 8.72. The Labute approximate surface area is 130 Å². The zero-order valence-electron chi connectivity index (χ0n) is 11.6. The van der Waals surface area contributed by atoms with Crippen molar-refractivity contribution in [2.24, 2.45) is 0 Å². The van der Waals surface area contributed by atoms with E-state index in [4.69, 9.17) is 0 Å². The summed E-state index contributed by atoms with van der Waals surface area (Å²) in [5.74, 6) is 2.44. The highest BCUT2D eigenvalue weighted by molar-refractivity contribution is 7.99. The molecule has 1 aliphatic rings. The summed E-state index contributed by atoms with van der Waals surface area (Å²) >= 11 is 6.41. The maximum atomic E-state index is 12.0. The molecule has 0 aromatic heterocycles. The van der Waals surface area contributed by atoms with Gasteiger partial charge in [-0.3, -0.25) is 9.69 Å². The van der Waals surface area contributed by atoms with E-state index < -0.39 is 0 Å². The lowest BCUT2D eigenvalue weighted by Crippen LogP contribution is -2.41. The summed E-state index contributed by atoms with van der Waals surface area (Å²) in [7, 11) is 0. The lowest BCUT2D eigenvalue weighted by Gasteiger charge is -2.26. The van der Waals surface area contributed by atoms with Crippen LogP contribution in [0.5, 0.6) is 0 Å². The first-order chi connectivity index (χ1) is 9.75. The second kappa shape index (κ2) is 8.60. The van der Waals surface area contributed by atoms with E-state index in [1.54, 1.807) is 0 Å². The van der Waals surface area contributed by atoms with Gasteiger partial charge in [0.2, 0.25) is 5.91 Å². The lowest BCUT2D eigenvalue weighted by atomic mass is 10.1. The van der Waals surface area contributed by atoms with Crippen LogP contribution in [0.4, 0.5) is 0 Å². The van der Waals surface area contributed by atoms with Crippen LogP contribution in [-0.2, 0) is 11.2 Å². The SMILES string of the molecule is O=C(NCCN1CCSCC1)C(S)Cc1ccccc1. The molecule has 0 bridgehead atoms. The Hall–Kier alpha value is -0.650. The molecule has 1 aromatic carbocycles. The Balaban J connectivity index is 1.66. The monoisotopic (exact) mass is 310 g/mol. The van der Waals surface area contributed by atoms with Crippen LogP contribution < -0.4 is 5.32 Å². The molecular weight excluding hydrogens is 288 g/mol. The van der Waals surface area contributed by atoms with E-state index >= 15 is 0 Å². The fourth-order valence-corrected chi connectivity index (χ4v) is 3.49. The van der Waals surface area contributed by atoms with Crippen molar-refractivity contribution in [3.63, 3.8) is 0 Å². The Bertz CT molecular complexity index is 408. The average Bonchev–Trinajstić information content (AvgIpc) is 2.49. The molecule has 1 aromatic rings. The van der Waals surface area contributed by atoms with Crippen molar-refractivity contribution < 1.29 is 4.79 Å². The minimum atomic E-state index is -0.269. The number of nitrogens with one attached hydrogen (secondary N) is 1. The van der Waals surface area contributed by atoms with Crippen molar-refractivity contribution in [3.05, 3.63) is 35.9 Å². The standard InChI is InChI=1S/C15H22N2OS2/c18-15(14(19)12-13-4-2-1-3-5-13)16-6-7-17-8-10-20-11-9-17/h1-5,14,19H,6-12H2,(H,16,18). The molecule has 0 radical (unpaired) electrons. The number of carbonyl (C=O) groups excluding carboxylic acids is 1. The Morgan fingerprint density at radius 3 is 2.70 bits per heavy atom. The number of nitrogens with zero attached hydrogens (tertiary/aromatic N) is 1. The smallest absolute Gasteiger partial charge is 0.233 e. The second-order valence-electron chi connectivity index (χ2n) is 4.95. The maximum absolute atomic E-state index is 12.0. The van der Waals surface area contributed by atoms with Crippen molar-refractivity contribution >= 4 is 30.3 Å². The number of hydrogen-bond acceptors (Lipinski definition) is 4. The third-order valence-corrected chi connectivity index (χ3v) is 4.77. The summed E-state index contributed by atoms with van der Waals surface area (Å²) in [6.07, 6.45) is 0.677. The molecule has 1 N–H and O–H groups in total. The summed E-state index contributed by atoms with van der Waals surface area (Å²) in [5, 5.41) is 2.72. The highest BCUT2D eigenvalue weighted by Gasteiger charge is 2.15. The van der Waals surface area contributed by atoms with Crippen LogP contribution >= 0.6 is 24.4 Å². The Kier molecular flexibility index (Phi) is 6.76. The van der Waals surface area contributed by atoms with Crippen molar-refractivity contribution in [2.45, 2.75) is 11.7 Å². The Morgan fingerprint density at radius 2 is 2.00 bits per heavy atom. The molecule has 1 aliphatic heterocycles. The number of thioether (sulfide) groups is 1. The van der Waals surface area contributed by atoms with Crippen LogP contribution in [0.3, 0.4) is 0 Å². The molecule has 20 heavy (non-hydrogen) atoms. The third-order valence-electron chi connectivity index (χ3n) is 3.41. The van der Waals surface area contributed by atoms with Gasteiger partial charge in [0.15, 0.2) is 0 Å². The van der Waals surface area contributed by atoms with Crippen LogP contribution in [0.2, 0.25) is 0 Å². The van der Waals surface area contributed by atoms with Gasteiger partial charge < -0.3 is 5.32 Å². The van der Waals surface area contributed by atoms with Crippen molar-refractivity contribution in [1.29, 1.82) is 0 Å². The lowest BCUT2D eigenvalue weighted by molar-refractivity contribution is -0.120. The molecule has 1 saturated heterocycles. The van der Waals surface area contributed by atoms with Crippen molar-refractivity contribution in [1.82, 2.24) is 10.2 Å². The number of carbonyl (C=O) groups is 1. The van der Waals surface area contributed by atoms with E-state index in [-0.39, 0.29) is 11.2 Å². The van der Waals surface area contributed by atoms with E-state index in [2.05, 4.69) is 22.8 Å². The first kappa shape index (κ1) is 15.7. The highest BCUT2D eigenvalue weighted by Crippen LogP contribution is 2.09. The molecule has 3 nitrogen and oxygen atoms in total. The van der Waals surface area contributed by atoms with E-state index in [1.165, 1.54) is 11.5 Å². The molecule has 1 unspecified atom stereocenters. The van der Waals surface area contributed by atoms with Crippen LogP contribution in [0.15, 0.2) is 30.3 Å². The molecule has 2 rings (SSSR count). The van der Waals surface area contributed by atoms with Gasteiger partial charge in [-0.1, -0.05) is 30.3 Å². The minimum absolute atomic E-state index is 0.0311. The predicted molar refractivity (Wildman–Crippen MR) is 89.7 cm³/mol. The predicted octanol–water partition coefficient (Wildman–Crippen LogP) is 1.69. The largest absolute Gasteiger partial charge is 0.354 e. The fourth-order valence-electron chi connectivity index (χ4n) is 2.21. The normalized spacial score (nSPS) is 17.6. The van der Waals surface area contributed by atoms with E-state index in [0.717, 1.165) is 31.7 Å². The van der Waals surface area contributed by atoms with Gasteiger partial charge in [0.05, 0.1) is 5.25 Å². The molecular formula is C15H22N2OS2. The molecule has 1 fully saturated rings. The number of thiol groups is 1. The molecule has 1 amide bonds. The molecule has 0 saturated carbocycles. The van der Waals surface area contributed by atoms with Gasteiger partial charge in [0.1, 0.15) is 0 Å². The van der Waals surface area contributed by atoms with Gasteiger partial charge in [-0.2, -0.15) is 24.4 Å². The average molecular weight is 310 g/mol. The van der Waals surface area contributed by atoms with Crippen LogP contribution in [-0.4, -0.2) is 53.7 Å². The Morgan fingerprint density at radius 1 is 1.30 bits per heavy atom. The molecule has 1 heterocycles. The van der Waals surface area contributed by atoms with E-state index in [9.17, 15) is 4.79 Å². The highest BCUT2D eigenvalue weighted by atomic mass is 32.2. The van der Waals surface area contributed by atoms with Crippen LogP contribution in [0.25, 0.3) is 0 Å². The van der Waals surface area contributed by atoms with Gasteiger partial charge in [0, 0.05) is 37.7 Å². The van der Waals surface area contributed by atoms with E-state index in [1.807, 2.05) is 42.1 Å². The number of benzene rings is 1. The quantitative estimate of drug-likeness (QED) is 0.785. The number of hydrogen-bond donors (Lipinski definition) is 2. The zero-order chi connectivity index (χ0) is 14.2. The van der Waals surface area contributed by atoms with Gasteiger partial charge in [-0.25, -0.2) is 0 Å². The molecule has 1 atom stereocenters. The zero-order valence-corrected chi connectivity index (χ0v) is 13.3. The summed E-state index contributed by atoms with van der Waals surface area (Å²) in [5.41, 5.74) is 1.15. The number of rotatable bonds is 6. The summed E-state index contributed by atoms with van der Waals surface area (Å²) in [4.78, 5) is 14.4. The second-order valence-corrected chi connectivity index (χ2v) is 6.80. The third kappa shape index (κ3) is 5.38. The molecule has 0 spiro atoms. The minimum Gasteiger partial charge on any atom is -0.354 e. The fraction of sp³-hybridized carbons (Fsp3) is 0.533. The summed E-state index contributed by atoms with van der Waals surface area (Å²) in [6.45, 7) is 3.93. The molecule has 0 aliphatic carbocycles. The maximum Gasteiger partial charge on any atom is 0.233 e. The van der Waals surface area contributed by atoms with Gasteiger partial charge in [0.25, 0.3) is 0 Å². The topological polar surface area (TPSA) is 32.3 Å². The van der Waals surface area contributed by atoms with Crippen molar-refractivity contribution in [2.75, 3.05) is 37.7 Å². The first-order valence-electron chi connectivity index (χ1n) is 7.05. The summed E-state index contributed by atoms with van der Waals surface area (Å²) < 4.78 is 0. The van der Waals surface area contributed by atoms with E-state index in [0.29, 0.717) is 6.42 Å². The summed E-state index contributed by atoms with van der Waals surface area (Å²) in [6, 6.07) is 10.0. The van der Waals surface area contributed by atoms with Crippen molar-refractivity contribution in [3.8, 4) is 0 Å². The molecule has 5 heteroatoms. The molecule has 110 valence electrons.